The highest BCUT2D eigenvalue weighted by atomic mass is 19.1. The van der Waals surface area contributed by atoms with E-state index in [4.69, 9.17) is 4.74 Å². The van der Waals surface area contributed by atoms with Crippen molar-refractivity contribution in [3.8, 4) is 0 Å². The van der Waals surface area contributed by atoms with Gasteiger partial charge in [-0.1, -0.05) is 38.8 Å². The van der Waals surface area contributed by atoms with E-state index in [0.717, 1.165) is 12.8 Å². The Morgan fingerprint density at radius 3 is 2.88 bits per heavy atom. The van der Waals surface area contributed by atoms with Crippen molar-refractivity contribution >= 4 is 18.0 Å². The largest absolute Gasteiger partial charge is 0.452 e. The molecule has 0 saturated heterocycles. The number of hydrogen-bond donors (Lipinski definition) is 1. The van der Waals surface area contributed by atoms with Gasteiger partial charge < -0.3 is 10.1 Å². The average Bonchev–Trinajstić information content (AvgIpc) is 2.55. The quantitative estimate of drug-likeness (QED) is 0.664. The maximum Gasteiger partial charge on any atom is 0.331 e. The summed E-state index contributed by atoms with van der Waals surface area (Å²) in [5.74, 6) is -0.277. The van der Waals surface area contributed by atoms with Crippen molar-refractivity contribution in [2.24, 2.45) is 11.8 Å². The van der Waals surface area contributed by atoms with Crippen molar-refractivity contribution in [1.82, 2.24) is 5.32 Å². The van der Waals surface area contributed by atoms with E-state index >= 15 is 0 Å². The van der Waals surface area contributed by atoms with Crippen molar-refractivity contribution in [1.29, 1.82) is 0 Å². The third kappa shape index (κ3) is 5.48. The standard InChI is InChI=1S/C19H24FNO3/c1-13-5-3-8-17(14(13)2)21-18(22)12-24-19(23)10-9-15-6-4-7-16(20)11-15/h4,6-7,9-11,13-14,17H,3,5,8,12H2,1-2H3,(H,21,22)/b10-9+/t13-,14-,17+/m1/s1. The predicted octanol–water partition coefficient (Wildman–Crippen LogP) is 3.32. The highest BCUT2D eigenvalue weighted by molar-refractivity contribution is 5.89. The second-order valence-corrected chi connectivity index (χ2v) is 6.44. The number of amides is 1. The van der Waals surface area contributed by atoms with E-state index in [1.807, 2.05) is 0 Å². The Labute approximate surface area is 142 Å². The topological polar surface area (TPSA) is 55.4 Å². The van der Waals surface area contributed by atoms with Gasteiger partial charge in [-0.05, 0) is 42.0 Å². The molecule has 1 N–H and O–H groups in total. The zero-order valence-electron chi connectivity index (χ0n) is 14.1. The normalized spacial score (nSPS) is 23.9. The molecule has 3 atom stereocenters. The Balaban J connectivity index is 1.76. The molecule has 1 amide bonds. The molecule has 0 aliphatic heterocycles. The molecule has 0 radical (unpaired) electrons. The summed E-state index contributed by atoms with van der Waals surface area (Å²) >= 11 is 0. The summed E-state index contributed by atoms with van der Waals surface area (Å²) < 4.78 is 18.0. The molecule has 1 aliphatic rings. The van der Waals surface area contributed by atoms with Crippen molar-refractivity contribution in [2.75, 3.05) is 6.61 Å². The first-order valence-electron chi connectivity index (χ1n) is 8.35. The zero-order chi connectivity index (χ0) is 17.5. The lowest BCUT2D eigenvalue weighted by molar-refractivity contribution is -0.144. The number of ether oxygens (including phenoxy) is 1. The van der Waals surface area contributed by atoms with Gasteiger partial charge in [0.25, 0.3) is 5.91 Å². The van der Waals surface area contributed by atoms with E-state index in [0.29, 0.717) is 17.4 Å². The highest BCUT2D eigenvalue weighted by Crippen LogP contribution is 2.29. The fourth-order valence-corrected chi connectivity index (χ4v) is 2.99. The average molecular weight is 333 g/mol. The molecule has 1 aromatic carbocycles. The van der Waals surface area contributed by atoms with Crippen LogP contribution in [0.2, 0.25) is 0 Å². The molecule has 0 bridgehead atoms. The summed E-state index contributed by atoms with van der Waals surface area (Å²) in [6, 6.07) is 6.00. The highest BCUT2D eigenvalue weighted by Gasteiger charge is 2.28. The van der Waals surface area contributed by atoms with Gasteiger partial charge in [-0.15, -0.1) is 0 Å². The molecule has 0 heterocycles. The summed E-state index contributed by atoms with van der Waals surface area (Å²) in [7, 11) is 0. The minimum Gasteiger partial charge on any atom is -0.452 e. The van der Waals surface area contributed by atoms with Crippen LogP contribution in [0.3, 0.4) is 0 Å². The molecule has 2 rings (SSSR count). The number of carbonyl (C=O) groups is 2. The fraction of sp³-hybridized carbons (Fsp3) is 0.474. The number of nitrogens with one attached hydrogen (secondary N) is 1. The minimum absolute atomic E-state index is 0.141. The second kappa shape index (κ2) is 8.62. The number of halogens is 1. The summed E-state index contributed by atoms with van der Waals surface area (Å²) in [4.78, 5) is 23.6. The fourth-order valence-electron chi connectivity index (χ4n) is 2.99. The predicted molar refractivity (Wildman–Crippen MR) is 90.5 cm³/mol. The van der Waals surface area contributed by atoms with Gasteiger partial charge in [0.1, 0.15) is 5.82 Å². The molecule has 1 saturated carbocycles. The van der Waals surface area contributed by atoms with Crippen LogP contribution in [-0.4, -0.2) is 24.5 Å². The van der Waals surface area contributed by atoms with Crippen LogP contribution in [-0.2, 0) is 14.3 Å². The molecule has 130 valence electrons. The van der Waals surface area contributed by atoms with E-state index in [-0.39, 0.29) is 24.4 Å². The van der Waals surface area contributed by atoms with Crippen molar-refractivity contribution in [3.63, 3.8) is 0 Å². The lowest BCUT2D eigenvalue weighted by atomic mass is 9.78. The minimum atomic E-state index is -0.625. The molecule has 4 nitrogen and oxygen atoms in total. The Bertz CT molecular complexity index is 614. The number of hydrogen-bond acceptors (Lipinski definition) is 3. The van der Waals surface area contributed by atoms with E-state index < -0.39 is 5.97 Å². The Hall–Kier alpha value is -2.17. The number of esters is 1. The number of rotatable bonds is 5. The van der Waals surface area contributed by atoms with Gasteiger partial charge in [0.2, 0.25) is 0 Å². The smallest absolute Gasteiger partial charge is 0.331 e. The lowest BCUT2D eigenvalue weighted by Crippen LogP contribution is -2.45. The molecule has 0 unspecified atom stereocenters. The maximum atomic E-state index is 13.0. The molecule has 1 fully saturated rings. The summed E-state index contributed by atoms with van der Waals surface area (Å²) in [5.41, 5.74) is 0.557. The summed E-state index contributed by atoms with van der Waals surface area (Å²) in [5, 5.41) is 2.95. The Morgan fingerprint density at radius 1 is 1.33 bits per heavy atom. The van der Waals surface area contributed by atoms with Gasteiger partial charge in [-0.25, -0.2) is 9.18 Å². The van der Waals surface area contributed by atoms with Crippen LogP contribution in [0, 0.1) is 17.7 Å². The van der Waals surface area contributed by atoms with Crippen molar-refractivity contribution in [3.05, 3.63) is 41.7 Å². The molecule has 0 aromatic heterocycles. The van der Waals surface area contributed by atoms with Crippen molar-refractivity contribution in [2.45, 2.75) is 39.2 Å². The van der Waals surface area contributed by atoms with Gasteiger partial charge in [0.15, 0.2) is 6.61 Å². The van der Waals surface area contributed by atoms with E-state index in [9.17, 15) is 14.0 Å². The molecule has 1 aromatic rings. The van der Waals surface area contributed by atoms with Gasteiger partial charge >= 0.3 is 5.97 Å². The first-order chi connectivity index (χ1) is 11.5. The van der Waals surface area contributed by atoms with Gasteiger partial charge in [-0.2, -0.15) is 0 Å². The van der Waals surface area contributed by atoms with E-state index in [1.165, 1.54) is 30.7 Å². The SMILES string of the molecule is C[C@@H]1[C@H](C)CCC[C@@H]1NC(=O)COC(=O)/C=C/c1cccc(F)c1. The molecular formula is C19H24FNO3. The molecule has 5 heteroatoms. The Morgan fingerprint density at radius 2 is 2.12 bits per heavy atom. The van der Waals surface area contributed by atoms with Crippen LogP contribution in [0.1, 0.15) is 38.7 Å². The van der Waals surface area contributed by atoms with Crippen molar-refractivity contribution < 1.29 is 18.7 Å². The zero-order valence-corrected chi connectivity index (χ0v) is 14.1. The first-order valence-corrected chi connectivity index (χ1v) is 8.35. The van der Waals surface area contributed by atoms with E-state index in [2.05, 4.69) is 19.2 Å². The van der Waals surface area contributed by atoms with Gasteiger partial charge in [0.05, 0.1) is 0 Å². The van der Waals surface area contributed by atoms with Crippen LogP contribution >= 0.6 is 0 Å². The monoisotopic (exact) mass is 333 g/mol. The Kier molecular flexibility index (Phi) is 6.53. The first kappa shape index (κ1) is 18.2. The lowest BCUT2D eigenvalue weighted by Gasteiger charge is -2.34. The van der Waals surface area contributed by atoms with Crippen LogP contribution in [0.5, 0.6) is 0 Å². The third-order valence-electron chi connectivity index (χ3n) is 4.66. The number of carbonyl (C=O) groups excluding carboxylic acids is 2. The molecule has 1 aliphatic carbocycles. The number of benzene rings is 1. The van der Waals surface area contributed by atoms with Crippen LogP contribution < -0.4 is 5.32 Å². The summed E-state index contributed by atoms with van der Waals surface area (Å²) in [6.07, 6.45) is 5.90. The van der Waals surface area contributed by atoms with E-state index in [1.54, 1.807) is 12.1 Å². The van der Waals surface area contributed by atoms with Crippen LogP contribution in [0.4, 0.5) is 4.39 Å². The molecule has 0 spiro atoms. The third-order valence-corrected chi connectivity index (χ3v) is 4.66. The van der Waals surface area contributed by atoms with Gasteiger partial charge in [0, 0.05) is 12.1 Å². The maximum absolute atomic E-state index is 13.0. The van der Waals surface area contributed by atoms with Crippen LogP contribution in [0.25, 0.3) is 6.08 Å². The molecular weight excluding hydrogens is 309 g/mol. The van der Waals surface area contributed by atoms with Gasteiger partial charge in [-0.3, -0.25) is 4.79 Å². The molecule has 24 heavy (non-hydrogen) atoms. The van der Waals surface area contributed by atoms with Crippen LogP contribution in [0.15, 0.2) is 30.3 Å². The summed E-state index contributed by atoms with van der Waals surface area (Å²) in [6.45, 7) is 4.03. The second-order valence-electron chi connectivity index (χ2n) is 6.44.